The van der Waals surface area contributed by atoms with Crippen molar-refractivity contribution in [3.8, 4) is 0 Å². The highest BCUT2D eigenvalue weighted by Crippen LogP contribution is 2.28. The van der Waals surface area contributed by atoms with Gasteiger partial charge in [-0.15, -0.1) is 11.3 Å². The van der Waals surface area contributed by atoms with E-state index in [4.69, 9.17) is 0 Å². The van der Waals surface area contributed by atoms with Gasteiger partial charge in [0.15, 0.2) is 5.13 Å². The Kier molecular flexibility index (Phi) is 4.38. The second kappa shape index (κ2) is 6.81. The molecule has 5 nitrogen and oxygen atoms in total. The lowest BCUT2D eigenvalue weighted by Crippen LogP contribution is -2.28. The number of carbonyl (C=O) groups excluding carboxylic acids is 1. The molecule has 4 rings (SSSR count). The summed E-state index contributed by atoms with van der Waals surface area (Å²) in [5.41, 5.74) is 4.52. The van der Waals surface area contributed by atoms with Crippen LogP contribution in [-0.2, 0) is 19.4 Å². The number of urea groups is 1. The fourth-order valence-electron chi connectivity index (χ4n) is 3.51. The first-order chi connectivity index (χ1) is 11.8. The Hall–Kier alpha value is -2.08. The Morgan fingerprint density at radius 3 is 2.96 bits per heavy atom. The van der Waals surface area contributed by atoms with Crippen molar-refractivity contribution in [2.45, 2.75) is 38.6 Å². The highest BCUT2D eigenvalue weighted by molar-refractivity contribution is 7.13. The van der Waals surface area contributed by atoms with Crippen LogP contribution in [0.25, 0.3) is 0 Å². The standard InChI is InChI=1S/C18H22N4OS/c23-17(21-16-8-4-6-13-5-3-7-15(13)16)19-11-14-12-24-18(20-14)22-9-1-2-10-22/h4,6,8,12H,1-3,5,7,9-11H2,(H2,19,21,23). The van der Waals surface area contributed by atoms with Crippen LogP contribution in [0.4, 0.5) is 15.6 Å². The number of amides is 2. The van der Waals surface area contributed by atoms with Crippen molar-refractivity contribution < 1.29 is 4.79 Å². The van der Waals surface area contributed by atoms with Crippen LogP contribution in [0.2, 0.25) is 0 Å². The molecule has 0 bridgehead atoms. The number of anilines is 2. The Labute approximate surface area is 146 Å². The van der Waals surface area contributed by atoms with Gasteiger partial charge in [-0.3, -0.25) is 0 Å². The van der Waals surface area contributed by atoms with Crippen LogP contribution in [0.3, 0.4) is 0 Å². The lowest BCUT2D eigenvalue weighted by atomic mass is 10.1. The minimum absolute atomic E-state index is 0.161. The summed E-state index contributed by atoms with van der Waals surface area (Å²) >= 11 is 1.66. The van der Waals surface area contributed by atoms with E-state index >= 15 is 0 Å². The molecule has 2 heterocycles. The topological polar surface area (TPSA) is 57.3 Å². The number of rotatable bonds is 4. The summed E-state index contributed by atoms with van der Waals surface area (Å²) < 4.78 is 0. The van der Waals surface area contributed by atoms with Gasteiger partial charge in [0.2, 0.25) is 0 Å². The van der Waals surface area contributed by atoms with E-state index < -0.39 is 0 Å². The number of nitrogens with zero attached hydrogens (tertiary/aromatic N) is 2. The maximum absolute atomic E-state index is 12.2. The fraction of sp³-hybridized carbons (Fsp3) is 0.444. The number of hydrogen-bond donors (Lipinski definition) is 2. The van der Waals surface area contributed by atoms with E-state index in [-0.39, 0.29) is 6.03 Å². The quantitative estimate of drug-likeness (QED) is 0.893. The van der Waals surface area contributed by atoms with Crippen molar-refractivity contribution in [2.24, 2.45) is 0 Å². The summed E-state index contributed by atoms with van der Waals surface area (Å²) in [6, 6.07) is 5.99. The Balaban J connectivity index is 1.33. The average molecular weight is 342 g/mol. The zero-order valence-corrected chi connectivity index (χ0v) is 14.5. The Morgan fingerprint density at radius 2 is 2.08 bits per heavy atom. The van der Waals surface area contributed by atoms with E-state index in [1.54, 1.807) is 11.3 Å². The molecule has 0 spiro atoms. The molecule has 2 N–H and O–H groups in total. The Bertz CT molecular complexity index is 736. The molecule has 1 aromatic carbocycles. The number of carbonyl (C=O) groups is 1. The molecule has 2 amide bonds. The van der Waals surface area contributed by atoms with Crippen LogP contribution in [0, 0.1) is 0 Å². The van der Waals surface area contributed by atoms with Gasteiger partial charge in [-0.05, 0) is 49.3 Å². The first-order valence-electron chi connectivity index (χ1n) is 8.64. The minimum atomic E-state index is -0.161. The first kappa shape index (κ1) is 15.4. The van der Waals surface area contributed by atoms with E-state index in [0.717, 1.165) is 42.4 Å². The van der Waals surface area contributed by atoms with Crippen molar-refractivity contribution >= 4 is 28.2 Å². The fourth-order valence-corrected chi connectivity index (χ4v) is 4.38. The van der Waals surface area contributed by atoms with Gasteiger partial charge in [0.25, 0.3) is 0 Å². The number of aromatic nitrogens is 1. The van der Waals surface area contributed by atoms with Gasteiger partial charge in [-0.1, -0.05) is 12.1 Å². The Morgan fingerprint density at radius 1 is 1.21 bits per heavy atom. The van der Waals surface area contributed by atoms with E-state index in [9.17, 15) is 4.79 Å². The molecule has 1 saturated heterocycles. The third-order valence-corrected chi connectivity index (χ3v) is 5.69. The average Bonchev–Trinajstić information content (AvgIpc) is 3.32. The van der Waals surface area contributed by atoms with Gasteiger partial charge in [0.05, 0.1) is 12.2 Å². The van der Waals surface area contributed by atoms with Crippen molar-refractivity contribution in [2.75, 3.05) is 23.3 Å². The summed E-state index contributed by atoms with van der Waals surface area (Å²) in [4.78, 5) is 19.1. The van der Waals surface area contributed by atoms with E-state index in [1.807, 2.05) is 17.5 Å². The molecule has 1 aliphatic heterocycles. The largest absolute Gasteiger partial charge is 0.348 e. The van der Waals surface area contributed by atoms with Crippen molar-refractivity contribution in [3.05, 3.63) is 40.4 Å². The van der Waals surface area contributed by atoms with Gasteiger partial charge in [0.1, 0.15) is 0 Å². The summed E-state index contributed by atoms with van der Waals surface area (Å²) in [6.07, 6.45) is 5.84. The number of hydrogen-bond acceptors (Lipinski definition) is 4. The lowest BCUT2D eigenvalue weighted by Gasteiger charge is -2.12. The number of benzene rings is 1. The van der Waals surface area contributed by atoms with E-state index in [1.165, 1.54) is 30.4 Å². The maximum atomic E-state index is 12.2. The number of thiazole rings is 1. The van der Waals surface area contributed by atoms with Gasteiger partial charge in [-0.25, -0.2) is 9.78 Å². The summed E-state index contributed by atoms with van der Waals surface area (Å²) in [6.45, 7) is 2.66. The van der Waals surface area contributed by atoms with Crippen LogP contribution in [0.1, 0.15) is 36.1 Å². The maximum Gasteiger partial charge on any atom is 0.319 e. The third-order valence-electron chi connectivity index (χ3n) is 4.74. The number of fused-ring (bicyclic) bond motifs is 1. The highest BCUT2D eigenvalue weighted by atomic mass is 32.1. The molecule has 1 aliphatic carbocycles. The normalized spacial score (nSPS) is 16.2. The smallest absolute Gasteiger partial charge is 0.319 e. The molecule has 1 fully saturated rings. The monoisotopic (exact) mass is 342 g/mol. The van der Waals surface area contributed by atoms with E-state index in [0.29, 0.717) is 6.54 Å². The van der Waals surface area contributed by atoms with Crippen LogP contribution >= 0.6 is 11.3 Å². The van der Waals surface area contributed by atoms with Crippen molar-refractivity contribution in [1.29, 1.82) is 0 Å². The van der Waals surface area contributed by atoms with Gasteiger partial charge in [-0.2, -0.15) is 0 Å². The van der Waals surface area contributed by atoms with Gasteiger partial charge < -0.3 is 15.5 Å². The molecule has 0 saturated carbocycles. The van der Waals surface area contributed by atoms with Gasteiger partial charge in [0, 0.05) is 24.2 Å². The van der Waals surface area contributed by atoms with Crippen molar-refractivity contribution in [3.63, 3.8) is 0 Å². The molecule has 24 heavy (non-hydrogen) atoms. The molecular formula is C18H22N4OS. The van der Waals surface area contributed by atoms with Crippen molar-refractivity contribution in [1.82, 2.24) is 10.3 Å². The van der Waals surface area contributed by atoms with Crippen LogP contribution in [-0.4, -0.2) is 24.1 Å². The zero-order chi connectivity index (χ0) is 16.4. The van der Waals surface area contributed by atoms with Crippen LogP contribution in [0.5, 0.6) is 0 Å². The number of nitrogens with one attached hydrogen (secondary N) is 2. The summed E-state index contributed by atoms with van der Waals surface area (Å²) in [5, 5.41) is 9.02. The second-order valence-electron chi connectivity index (χ2n) is 6.42. The molecule has 2 aromatic rings. The molecule has 6 heteroatoms. The first-order valence-corrected chi connectivity index (χ1v) is 9.52. The predicted molar refractivity (Wildman–Crippen MR) is 97.9 cm³/mol. The second-order valence-corrected chi connectivity index (χ2v) is 7.26. The lowest BCUT2D eigenvalue weighted by molar-refractivity contribution is 0.251. The molecule has 2 aliphatic rings. The zero-order valence-electron chi connectivity index (χ0n) is 13.7. The van der Waals surface area contributed by atoms with Gasteiger partial charge >= 0.3 is 6.03 Å². The number of aryl methyl sites for hydroxylation is 1. The molecule has 1 aromatic heterocycles. The minimum Gasteiger partial charge on any atom is -0.348 e. The molecule has 0 atom stereocenters. The molecule has 0 radical (unpaired) electrons. The van der Waals surface area contributed by atoms with Crippen LogP contribution in [0.15, 0.2) is 23.6 Å². The highest BCUT2D eigenvalue weighted by Gasteiger charge is 2.17. The third kappa shape index (κ3) is 3.24. The molecule has 126 valence electrons. The van der Waals surface area contributed by atoms with Crippen LogP contribution < -0.4 is 15.5 Å². The predicted octanol–water partition coefficient (Wildman–Crippen LogP) is 3.55. The summed E-state index contributed by atoms with van der Waals surface area (Å²) in [5.74, 6) is 0. The molecular weight excluding hydrogens is 320 g/mol. The summed E-state index contributed by atoms with van der Waals surface area (Å²) in [7, 11) is 0. The SMILES string of the molecule is O=C(NCc1csc(N2CCCC2)n1)Nc1cccc2c1CCC2. The van der Waals surface area contributed by atoms with E-state index in [2.05, 4.69) is 26.6 Å². The molecule has 0 unspecified atom stereocenters.